The zero-order valence-corrected chi connectivity index (χ0v) is 11.9. The second-order valence-electron chi connectivity index (χ2n) is 3.47. The van der Waals surface area contributed by atoms with Crippen molar-refractivity contribution in [3.63, 3.8) is 0 Å². The van der Waals surface area contributed by atoms with Crippen molar-refractivity contribution in [3.8, 4) is 0 Å². The number of esters is 1. The maximum absolute atomic E-state index is 11.9. The van der Waals surface area contributed by atoms with E-state index in [2.05, 4.69) is 4.36 Å². The number of methoxy groups -OCH3 is 1. The van der Waals surface area contributed by atoms with E-state index < -0.39 is 22.4 Å². The van der Waals surface area contributed by atoms with Gasteiger partial charge in [0.15, 0.2) is 5.54 Å². The molecule has 0 spiro atoms. The van der Waals surface area contributed by atoms with Crippen LogP contribution in [0.1, 0.15) is 12.5 Å². The van der Waals surface area contributed by atoms with Crippen LogP contribution >= 0.6 is 12.0 Å². The molecule has 1 aromatic carbocycles. The van der Waals surface area contributed by atoms with E-state index in [-0.39, 0.29) is 0 Å². The third-order valence-corrected chi connectivity index (χ3v) is 3.83. The largest absolute Gasteiger partial charge is 0.467 e. The third-order valence-electron chi connectivity index (χ3n) is 2.30. The number of carbonyl (C=O) groups excluding carboxylic acids is 1. The predicted octanol–water partition coefficient (Wildman–Crippen LogP) is 2.43. The SMILES string of the molecule is COC(=O)[C@@](C)(N=[S-](=O)OSC)c1ccccc1. The molecule has 0 heterocycles. The van der Waals surface area contributed by atoms with Gasteiger partial charge in [0.1, 0.15) is 0 Å². The lowest BCUT2D eigenvalue weighted by Crippen LogP contribution is -2.31. The Morgan fingerprint density at radius 2 is 2.00 bits per heavy atom. The Morgan fingerprint density at radius 1 is 1.39 bits per heavy atom. The molecular weight excluding hydrogens is 274 g/mol. The first-order chi connectivity index (χ1) is 8.54. The van der Waals surface area contributed by atoms with E-state index >= 15 is 0 Å². The van der Waals surface area contributed by atoms with Crippen LogP contribution in [-0.4, -0.2) is 19.3 Å². The van der Waals surface area contributed by atoms with Crippen LogP contribution in [0.3, 0.4) is 0 Å². The number of ether oxygens (including phenoxy) is 1. The predicted molar refractivity (Wildman–Crippen MR) is 70.9 cm³/mol. The van der Waals surface area contributed by atoms with Crippen molar-refractivity contribution in [1.29, 1.82) is 0 Å². The molecule has 0 fully saturated rings. The number of hydrogen-bond acceptors (Lipinski definition) is 7. The Bertz CT molecular complexity index is 485. The van der Waals surface area contributed by atoms with Gasteiger partial charge in [-0.05, 0) is 24.5 Å². The maximum atomic E-state index is 11.9. The summed E-state index contributed by atoms with van der Waals surface area (Å²) in [5.41, 5.74) is -0.758. The van der Waals surface area contributed by atoms with E-state index in [4.69, 9.17) is 8.37 Å². The maximum Gasteiger partial charge on any atom is 0.335 e. The van der Waals surface area contributed by atoms with Gasteiger partial charge in [0, 0.05) is 6.26 Å². The minimum absolute atomic E-state index is 0.591. The average molecular weight is 288 g/mol. The highest BCUT2D eigenvalue weighted by Gasteiger charge is 2.33. The van der Waals surface area contributed by atoms with Crippen molar-refractivity contribution in [2.75, 3.05) is 13.4 Å². The summed E-state index contributed by atoms with van der Waals surface area (Å²) in [5, 5.41) is 0. The molecule has 0 aliphatic heterocycles. The van der Waals surface area contributed by atoms with E-state index in [0.29, 0.717) is 5.56 Å². The zero-order chi connectivity index (χ0) is 13.6. The van der Waals surface area contributed by atoms with Crippen LogP contribution in [0.15, 0.2) is 34.7 Å². The quantitative estimate of drug-likeness (QED) is 0.473. The van der Waals surface area contributed by atoms with Crippen molar-refractivity contribution in [2.45, 2.75) is 12.5 Å². The highest BCUT2D eigenvalue weighted by atomic mass is 32.2. The molecule has 0 N–H and O–H groups in total. The molecule has 1 rings (SSSR count). The van der Waals surface area contributed by atoms with E-state index in [1.807, 2.05) is 6.07 Å². The van der Waals surface area contributed by atoms with Gasteiger partial charge in [-0.1, -0.05) is 41.2 Å². The summed E-state index contributed by atoms with van der Waals surface area (Å²) in [4.78, 5) is 11.9. The minimum Gasteiger partial charge on any atom is -0.467 e. The van der Waals surface area contributed by atoms with Crippen LogP contribution < -0.4 is 0 Å². The molecule has 0 bridgehead atoms. The lowest BCUT2D eigenvalue weighted by Gasteiger charge is -2.26. The summed E-state index contributed by atoms with van der Waals surface area (Å²) in [6.45, 7) is 1.54. The van der Waals surface area contributed by atoms with Crippen LogP contribution in [0, 0.1) is 0 Å². The van der Waals surface area contributed by atoms with Crippen molar-refractivity contribution in [3.05, 3.63) is 35.9 Å². The highest BCUT2D eigenvalue weighted by molar-refractivity contribution is 7.99. The van der Waals surface area contributed by atoms with E-state index in [1.165, 1.54) is 14.0 Å². The summed E-state index contributed by atoms with van der Waals surface area (Å²) >= 11 is 0.919. The van der Waals surface area contributed by atoms with Crippen LogP contribution in [0.2, 0.25) is 0 Å². The second kappa shape index (κ2) is 6.77. The number of benzene rings is 1. The molecule has 7 heteroatoms. The van der Waals surface area contributed by atoms with Gasteiger partial charge < -0.3 is 16.9 Å². The van der Waals surface area contributed by atoms with Gasteiger partial charge in [0.05, 0.1) is 7.11 Å². The average Bonchev–Trinajstić information content (AvgIpc) is 2.38. The fraction of sp³-hybridized carbons (Fsp3) is 0.364. The van der Waals surface area contributed by atoms with Crippen molar-refractivity contribution in [2.24, 2.45) is 4.36 Å². The number of rotatable bonds is 5. The summed E-state index contributed by atoms with van der Waals surface area (Å²) in [5.74, 6) is -0.591. The van der Waals surface area contributed by atoms with Gasteiger partial charge in [0.25, 0.3) is 0 Å². The third kappa shape index (κ3) is 3.47. The highest BCUT2D eigenvalue weighted by Crippen LogP contribution is 2.27. The summed E-state index contributed by atoms with van der Waals surface area (Å²) in [6, 6.07) is 8.79. The van der Waals surface area contributed by atoms with Crippen LogP contribution in [0.25, 0.3) is 0 Å². The Kier molecular flexibility index (Phi) is 5.64. The second-order valence-corrected chi connectivity index (χ2v) is 4.97. The molecule has 0 saturated carbocycles. The topological polar surface area (TPSA) is 65.0 Å². The number of nitrogens with zero attached hydrogens (tertiary/aromatic N) is 1. The standard InChI is InChI=1S/C11H14NO4S2/c1-11(10(13)15-2,12-18(14)16-17-3)9-7-5-4-6-8-9/h4-8H,1-3H3/q-1/t11-/m0/s1. The summed E-state index contributed by atoms with van der Waals surface area (Å²) in [7, 11) is -0.664. The van der Waals surface area contributed by atoms with Crippen LogP contribution in [0.4, 0.5) is 0 Å². The molecule has 100 valence electrons. The van der Waals surface area contributed by atoms with Gasteiger partial charge in [-0.2, -0.15) is 0 Å². The normalized spacial score (nSPS) is 15.9. The lowest BCUT2D eigenvalue weighted by atomic mass is 9.93. The molecule has 0 unspecified atom stereocenters. The van der Waals surface area contributed by atoms with E-state index in [9.17, 15) is 9.00 Å². The minimum atomic E-state index is -1.93. The fourth-order valence-electron chi connectivity index (χ4n) is 1.39. The smallest absolute Gasteiger partial charge is 0.335 e. The van der Waals surface area contributed by atoms with Gasteiger partial charge in [-0.25, -0.2) is 4.79 Å². The van der Waals surface area contributed by atoms with Crippen LogP contribution in [-0.2, 0) is 33.8 Å². The summed E-state index contributed by atoms with van der Waals surface area (Å²) < 4.78 is 24.9. The fourth-order valence-corrected chi connectivity index (χ4v) is 2.46. The lowest BCUT2D eigenvalue weighted by molar-refractivity contribution is -0.146. The molecule has 1 atom stereocenters. The van der Waals surface area contributed by atoms with Crippen LogP contribution in [0.5, 0.6) is 0 Å². The first kappa shape index (κ1) is 15.0. The molecule has 18 heavy (non-hydrogen) atoms. The van der Waals surface area contributed by atoms with Gasteiger partial charge in [0.2, 0.25) is 0 Å². The molecule has 0 radical (unpaired) electrons. The van der Waals surface area contributed by atoms with Gasteiger partial charge in [-0.15, -0.1) is 0 Å². The van der Waals surface area contributed by atoms with E-state index in [0.717, 1.165) is 12.0 Å². The number of hydrogen-bond donors (Lipinski definition) is 0. The first-order valence-corrected chi connectivity index (χ1v) is 7.22. The Balaban J connectivity index is 3.24. The molecule has 0 aromatic heterocycles. The molecule has 1 aromatic rings. The molecule has 0 aliphatic carbocycles. The Hall–Kier alpha value is -1.05. The van der Waals surface area contributed by atoms with Crippen molar-refractivity contribution >= 4 is 28.9 Å². The molecule has 0 amide bonds. The molecule has 5 nitrogen and oxygen atoms in total. The van der Waals surface area contributed by atoms with Gasteiger partial charge in [-0.3, -0.25) is 0 Å². The Labute approximate surface area is 112 Å². The molecular formula is C11H14NO4S2-. The zero-order valence-electron chi connectivity index (χ0n) is 10.3. The monoisotopic (exact) mass is 288 g/mol. The number of carbonyl (C=O) groups is 1. The van der Waals surface area contributed by atoms with Crippen molar-refractivity contribution < 1.29 is 17.4 Å². The van der Waals surface area contributed by atoms with Crippen molar-refractivity contribution in [1.82, 2.24) is 0 Å². The molecule has 0 aliphatic rings. The molecule has 0 saturated heterocycles. The van der Waals surface area contributed by atoms with Gasteiger partial charge >= 0.3 is 5.97 Å². The summed E-state index contributed by atoms with van der Waals surface area (Å²) in [6.07, 6.45) is 1.62. The Morgan fingerprint density at radius 3 is 2.50 bits per heavy atom. The van der Waals surface area contributed by atoms with E-state index in [1.54, 1.807) is 30.5 Å². The first-order valence-electron chi connectivity index (χ1n) is 5.04.